The van der Waals surface area contributed by atoms with Crippen LogP contribution >= 0.6 is 0 Å². The number of benzene rings is 1. The van der Waals surface area contributed by atoms with Crippen LogP contribution in [0.3, 0.4) is 0 Å². The molecule has 2 aliphatic rings. The molecule has 0 aliphatic carbocycles. The van der Waals surface area contributed by atoms with E-state index >= 15 is 0 Å². The zero-order chi connectivity index (χ0) is 20.3. The SMILES string of the molecule is COc1ccc(OC)c([C@H]2C(C(C)=O)=C(O)C(=O)N2CCN2CCOCC2)c1. The van der Waals surface area contributed by atoms with Crippen molar-refractivity contribution in [1.82, 2.24) is 9.80 Å². The van der Waals surface area contributed by atoms with Gasteiger partial charge < -0.3 is 24.2 Å². The Bertz CT molecular complexity index is 785. The van der Waals surface area contributed by atoms with Gasteiger partial charge in [0.05, 0.1) is 39.0 Å². The van der Waals surface area contributed by atoms with Gasteiger partial charge in [-0.15, -0.1) is 0 Å². The van der Waals surface area contributed by atoms with E-state index in [-0.39, 0.29) is 11.4 Å². The molecule has 0 bridgehead atoms. The molecule has 8 heteroatoms. The van der Waals surface area contributed by atoms with Crippen LogP contribution in [0.2, 0.25) is 0 Å². The number of carbonyl (C=O) groups is 2. The minimum absolute atomic E-state index is 0.0820. The predicted octanol–water partition coefficient (Wildman–Crippen LogP) is 1.32. The number of hydrogen-bond acceptors (Lipinski definition) is 7. The lowest BCUT2D eigenvalue weighted by Crippen LogP contribution is -2.43. The fourth-order valence-corrected chi connectivity index (χ4v) is 3.69. The van der Waals surface area contributed by atoms with Crippen LogP contribution in [0.15, 0.2) is 29.5 Å². The topological polar surface area (TPSA) is 88.5 Å². The summed E-state index contributed by atoms with van der Waals surface area (Å²) in [4.78, 5) is 28.8. The molecule has 1 aromatic carbocycles. The zero-order valence-corrected chi connectivity index (χ0v) is 16.4. The van der Waals surface area contributed by atoms with Crippen LogP contribution < -0.4 is 9.47 Å². The highest BCUT2D eigenvalue weighted by Crippen LogP contribution is 2.42. The Morgan fingerprint density at radius 2 is 1.93 bits per heavy atom. The maximum atomic E-state index is 12.8. The molecule has 28 heavy (non-hydrogen) atoms. The minimum atomic E-state index is -0.726. The maximum absolute atomic E-state index is 12.8. The Morgan fingerprint density at radius 3 is 2.54 bits per heavy atom. The molecule has 0 saturated carbocycles. The quantitative estimate of drug-likeness (QED) is 0.751. The molecule has 1 aromatic rings. The number of aliphatic hydroxyl groups excluding tert-OH is 1. The van der Waals surface area contributed by atoms with Crippen molar-refractivity contribution in [3.63, 3.8) is 0 Å². The fourth-order valence-electron chi connectivity index (χ4n) is 3.69. The monoisotopic (exact) mass is 390 g/mol. The Hall–Kier alpha value is -2.58. The summed E-state index contributed by atoms with van der Waals surface area (Å²) in [6, 6.07) is 4.48. The highest BCUT2D eigenvalue weighted by molar-refractivity contribution is 6.08. The molecular formula is C20H26N2O6. The Balaban J connectivity index is 1.97. The fraction of sp³-hybridized carbons (Fsp3) is 0.500. The molecule has 1 fully saturated rings. The number of nitrogens with zero attached hydrogens (tertiary/aromatic N) is 2. The minimum Gasteiger partial charge on any atom is -0.503 e. The molecule has 1 atom stereocenters. The van der Waals surface area contributed by atoms with Gasteiger partial charge in [-0.2, -0.15) is 0 Å². The zero-order valence-electron chi connectivity index (χ0n) is 16.4. The molecule has 1 N–H and O–H groups in total. The van der Waals surface area contributed by atoms with Crippen LogP contribution in [-0.2, 0) is 14.3 Å². The average Bonchev–Trinajstić information content (AvgIpc) is 2.97. The number of Topliss-reactive ketones (excluding diaryl/α,β-unsaturated/α-hetero) is 1. The molecule has 2 heterocycles. The summed E-state index contributed by atoms with van der Waals surface area (Å²) in [5.74, 6) is -0.304. The maximum Gasteiger partial charge on any atom is 0.290 e. The summed E-state index contributed by atoms with van der Waals surface area (Å²) in [5, 5.41) is 10.4. The Morgan fingerprint density at radius 1 is 1.21 bits per heavy atom. The van der Waals surface area contributed by atoms with E-state index in [1.807, 2.05) is 0 Å². The molecule has 8 nitrogen and oxygen atoms in total. The molecule has 0 aromatic heterocycles. The van der Waals surface area contributed by atoms with Gasteiger partial charge in [0.25, 0.3) is 5.91 Å². The second-order valence-electron chi connectivity index (χ2n) is 6.78. The molecule has 3 rings (SSSR count). The van der Waals surface area contributed by atoms with Crippen LogP contribution in [-0.4, -0.2) is 80.2 Å². The van der Waals surface area contributed by atoms with Crippen LogP contribution in [0, 0.1) is 0 Å². The lowest BCUT2D eigenvalue weighted by molar-refractivity contribution is -0.129. The summed E-state index contributed by atoms with van der Waals surface area (Å²) < 4.78 is 16.1. The second-order valence-corrected chi connectivity index (χ2v) is 6.78. The van der Waals surface area contributed by atoms with Gasteiger partial charge in [0.2, 0.25) is 0 Å². The number of rotatable bonds is 7. The van der Waals surface area contributed by atoms with Crippen molar-refractivity contribution in [2.75, 3.05) is 53.6 Å². The molecule has 1 saturated heterocycles. The number of hydrogen-bond donors (Lipinski definition) is 1. The van der Waals surface area contributed by atoms with Crippen molar-refractivity contribution >= 4 is 11.7 Å². The van der Waals surface area contributed by atoms with Crippen molar-refractivity contribution < 1.29 is 28.9 Å². The predicted molar refractivity (Wildman–Crippen MR) is 102 cm³/mol. The van der Waals surface area contributed by atoms with E-state index in [9.17, 15) is 14.7 Å². The van der Waals surface area contributed by atoms with E-state index in [2.05, 4.69) is 4.90 Å². The smallest absolute Gasteiger partial charge is 0.290 e. The molecule has 1 amide bonds. The van der Waals surface area contributed by atoms with Gasteiger partial charge in [-0.3, -0.25) is 14.5 Å². The van der Waals surface area contributed by atoms with Crippen molar-refractivity contribution in [2.45, 2.75) is 13.0 Å². The third-order valence-corrected chi connectivity index (χ3v) is 5.18. The number of carbonyl (C=O) groups excluding carboxylic acids is 2. The van der Waals surface area contributed by atoms with E-state index in [0.29, 0.717) is 43.4 Å². The molecular weight excluding hydrogens is 364 g/mol. The van der Waals surface area contributed by atoms with E-state index in [0.717, 1.165) is 13.1 Å². The first kappa shape index (κ1) is 20.2. The third-order valence-electron chi connectivity index (χ3n) is 5.18. The number of amides is 1. The number of aliphatic hydroxyl groups is 1. The van der Waals surface area contributed by atoms with Crippen LogP contribution in [0.25, 0.3) is 0 Å². The molecule has 0 spiro atoms. The number of ether oxygens (including phenoxy) is 3. The highest BCUT2D eigenvalue weighted by atomic mass is 16.5. The van der Waals surface area contributed by atoms with Gasteiger partial charge in [0.1, 0.15) is 11.5 Å². The molecule has 152 valence electrons. The van der Waals surface area contributed by atoms with E-state index in [4.69, 9.17) is 14.2 Å². The molecule has 2 aliphatic heterocycles. The van der Waals surface area contributed by atoms with Crippen LogP contribution in [0.1, 0.15) is 18.5 Å². The van der Waals surface area contributed by atoms with E-state index in [1.165, 1.54) is 18.9 Å². The molecule has 0 radical (unpaired) electrons. The first-order valence-corrected chi connectivity index (χ1v) is 9.25. The van der Waals surface area contributed by atoms with Crippen molar-refractivity contribution in [3.8, 4) is 11.5 Å². The highest BCUT2D eigenvalue weighted by Gasteiger charge is 2.43. The van der Waals surface area contributed by atoms with Gasteiger partial charge in [-0.25, -0.2) is 0 Å². The summed E-state index contributed by atoms with van der Waals surface area (Å²) in [6.45, 7) is 5.22. The Labute approximate surface area is 164 Å². The summed E-state index contributed by atoms with van der Waals surface area (Å²) >= 11 is 0. The number of morpholine rings is 1. The number of ketones is 1. The normalized spacial score (nSPS) is 20.6. The molecule has 0 unspecified atom stereocenters. The van der Waals surface area contributed by atoms with Gasteiger partial charge in [-0.05, 0) is 25.1 Å². The van der Waals surface area contributed by atoms with Gasteiger partial charge >= 0.3 is 0 Å². The van der Waals surface area contributed by atoms with Crippen molar-refractivity contribution in [2.24, 2.45) is 0 Å². The average molecular weight is 390 g/mol. The van der Waals surface area contributed by atoms with Gasteiger partial charge in [-0.1, -0.05) is 0 Å². The van der Waals surface area contributed by atoms with Gasteiger partial charge in [0.15, 0.2) is 11.5 Å². The second kappa shape index (κ2) is 8.62. The largest absolute Gasteiger partial charge is 0.503 e. The van der Waals surface area contributed by atoms with Crippen molar-refractivity contribution in [3.05, 3.63) is 35.1 Å². The van der Waals surface area contributed by atoms with Crippen LogP contribution in [0.4, 0.5) is 0 Å². The Kier molecular flexibility index (Phi) is 6.21. The summed E-state index contributed by atoms with van der Waals surface area (Å²) in [6.07, 6.45) is 0. The van der Waals surface area contributed by atoms with E-state index < -0.39 is 17.7 Å². The van der Waals surface area contributed by atoms with E-state index in [1.54, 1.807) is 25.3 Å². The van der Waals surface area contributed by atoms with Crippen LogP contribution in [0.5, 0.6) is 11.5 Å². The third kappa shape index (κ3) is 3.83. The van der Waals surface area contributed by atoms with Crippen molar-refractivity contribution in [1.29, 1.82) is 0 Å². The lowest BCUT2D eigenvalue weighted by atomic mass is 9.95. The lowest BCUT2D eigenvalue weighted by Gasteiger charge is -2.32. The standard InChI is InChI=1S/C20H26N2O6/c1-13(23)17-18(15-12-14(26-2)4-5-16(15)27-3)22(20(25)19(17)24)7-6-21-8-10-28-11-9-21/h4-5,12,18,24H,6-11H2,1-3H3/t18-/m0/s1. The summed E-state index contributed by atoms with van der Waals surface area (Å²) in [5.41, 5.74) is 0.685. The summed E-state index contributed by atoms with van der Waals surface area (Å²) in [7, 11) is 3.07. The first-order valence-electron chi connectivity index (χ1n) is 9.25. The van der Waals surface area contributed by atoms with Gasteiger partial charge in [0, 0.05) is 31.7 Å². The number of methoxy groups -OCH3 is 2. The first-order chi connectivity index (χ1) is 13.5.